The van der Waals surface area contributed by atoms with Gasteiger partial charge in [0, 0.05) is 19.8 Å². The van der Waals surface area contributed by atoms with E-state index in [1.54, 1.807) is 0 Å². The molecule has 3 aliphatic heterocycles. The maximum atomic E-state index is 13.6. The van der Waals surface area contributed by atoms with Gasteiger partial charge in [-0.3, -0.25) is 9.59 Å². The van der Waals surface area contributed by atoms with Gasteiger partial charge >= 0.3 is 5.97 Å². The first-order valence-corrected chi connectivity index (χ1v) is 43.0. The van der Waals surface area contributed by atoms with E-state index in [1.807, 2.05) is 0 Å². The van der Waals surface area contributed by atoms with Crippen LogP contribution >= 0.6 is 0 Å². The summed E-state index contributed by atoms with van der Waals surface area (Å²) in [6.45, 7) is 2.28. The van der Waals surface area contributed by atoms with Gasteiger partial charge in [-0.1, -0.05) is 315 Å². The van der Waals surface area contributed by atoms with E-state index in [-0.39, 0.29) is 18.9 Å². The molecule has 0 saturated carbocycles. The fourth-order valence-corrected chi connectivity index (χ4v) is 15.2. The maximum Gasteiger partial charge on any atom is 0.364 e. The molecule has 0 aliphatic carbocycles. The summed E-state index contributed by atoms with van der Waals surface area (Å²) in [6, 6.07) is -2.53. The number of ether oxygens (including phenoxy) is 6. The number of allylic oxidation sites excluding steroid dienone is 2. The molecule has 0 spiro atoms. The molecular formula is C83H156N2O21. The summed E-state index contributed by atoms with van der Waals surface area (Å²) < 4.78 is 35.0. The highest BCUT2D eigenvalue weighted by Gasteiger charge is 2.60. The zero-order chi connectivity index (χ0) is 77.4. The van der Waals surface area contributed by atoms with Crippen molar-refractivity contribution in [2.75, 3.05) is 26.4 Å². The third kappa shape index (κ3) is 41.3. The van der Waals surface area contributed by atoms with Crippen LogP contribution in [0.25, 0.3) is 0 Å². The number of rotatable bonds is 69. The van der Waals surface area contributed by atoms with Gasteiger partial charge in [-0.25, -0.2) is 4.79 Å². The maximum absolute atomic E-state index is 13.6. The first-order valence-electron chi connectivity index (χ1n) is 43.0. The normalized spacial score (nSPS) is 26.1. The van der Waals surface area contributed by atoms with Crippen LogP contribution in [0.3, 0.4) is 0 Å². The molecule has 2 amide bonds. The minimum atomic E-state index is -3.08. The van der Waals surface area contributed by atoms with Gasteiger partial charge in [0.25, 0.3) is 5.79 Å². The molecule has 3 rings (SSSR count). The van der Waals surface area contributed by atoms with Crippen LogP contribution in [0.5, 0.6) is 0 Å². The molecule has 624 valence electrons. The number of unbranched alkanes of at least 4 members (excludes halogenated alkanes) is 47. The highest BCUT2D eigenvalue weighted by atomic mass is 16.8. The molecule has 23 nitrogen and oxygen atoms in total. The number of amides is 2. The van der Waals surface area contributed by atoms with Crippen LogP contribution in [-0.2, 0) is 42.8 Å². The van der Waals surface area contributed by atoms with E-state index >= 15 is 0 Å². The van der Waals surface area contributed by atoms with Gasteiger partial charge in [0.05, 0.1) is 50.7 Å². The predicted molar refractivity (Wildman–Crippen MR) is 412 cm³/mol. The molecule has 3 saturated heterocycles. The monoisotopic (exact) mass is 1520 g/mol. The number of hydrogen-bond acceptors (Lipinski definition) is 20. The van der Waals surface area contributed by atoms with Crippen LogP contribution in [-0.4, -0.2) is 215 Å². The highest BCUT2D eigenvalue weighted by Crippen LogP contribution is 2.39. The van der Waals surface area contributed by atoms with E-state index in [1.165, 1.54) is 257 Å². The van der Waals surface area contributed by atoms with Crippen LogP contribution in [0.15, 0.2) is 12.2 Å². The van der Waals surface area contributed by atoms with E-state index in [9.17, 15) is 75.7 Å². The predicted octanol–water partition coefficient (Wildman–Crippen LogP) is 12.5. The quantitative estimate of drug-likeness (QED) is 0.0199. The van der Waals surface area contributed by atoms with Gasteiger partial charge in [0.15, 0.2) is 12.6 Å². The summed E-state index contributed by atoms with van der Waals surface area (Å²) in [5, 5.41) is 137. The van der Waals surface area contributed by atoms with Crippen molar-refractivity contribution in [2.45, 2.75) is 471 Å². The standard InChI is InChI=1S/C83H156N2O21/c1-4-6-8-10-12-14-16-18-20-22-24-26-28-30-31-32-33-35-37-39-41-43-45-47-49-51-53-55-57-70(93)85-64(65(90)56-54-52-50-48-46-44-42-40-38-36-34-29-27-25-23-21-19-17-15-13-11-9-7-5-2)62-101-80-75(97)74(96)77(69(61-88)103-80)104-81-76(98)79(73(95)68(60-87)102-81)106-83(82(99)100)58-66(91)71(84-63(3)89)78(105-83)72(94)67(92)59-86/h30-31,64-69,71-81,86-88,90-92,94-98H,4-29,32-62H2,1-3H3,(H,84,89)(H,85,93)(H,99,100)/b31-30-. The lowest BCUT2D eigenvalue weighted by Crippen LogP contribution is -2.70. The number of hydrogen-bond donors (Lipinski definition) is 14. The summed E-state index contributed by atoms with van der Waals surface area (Å²) in [6.07, 6.45) is 39.2. The minimum absolute atomic E-state index is 0.226. The first-order chi connectivity index (χ1) is 51.4. The lowest BCUT2D eigenvalue weighted by molar-refractivity contribution is -0.386. The molecule has 18 atom stereocenters. The Bertz CT molecular complexity index is 2150. The van der Waals surface area contributed by atoms with Crippen molar-refractivity contribution >= 4 is 17.8 Å². The molecule has 3 heterocycles. The van der Waals surface area contributed by atoms with E-state index < -0.39 is 148 Å². The average Bonchev–Trinajstić information content (AvgIpc) is 0.754. The van der Waals surface area contributed by atoms with E-state index in [0.717, 1.165) is 58.3 Å². The SMILES string of the molecule is CCCCCCCCCCCCCC/C=C\CCCCCCCCCCCCCCC(=O)NC(COC1OC(CO)C(OC2OC(CO)C(O)C(OC3(C(=O)O)CC(O)C(NC(C)=O)C(C(O)C(O)CO)O3)C2O)C(O)C1O)C(O)CCCCCCCCCCCCCCCCCCCCCCCCCC. The Morgan fingerprint density at radius 1 is 0.481 bits per heavy atom. The number of aliphatic hydroxyl groups is 11. The Labute approximate surface area is 639 Å². The largest absolute Gasteiger partial charge is 0.477 e. The van der Waals surface area contributed by atoms with Crippen LogP contribution in [0, 0.1) is 0 Å². The highest BCUT2D eigenvalue weighted by molar-refractivity contribution is 5.77. The first kappa shape index (κ1) is 97.7. The molecule has 0 bridgehead atoms. The third-order valence-electron chi connectivity index (χ3n) is 22.0. The number of aliphatic carboxylic acids is 1. The Balaban J connectivity index is 1.48. The zero-order valence-electron chi connectivity index (χ0n) is 66.3. The van der Waals surface area contributed by atoms with Crippen molar-refractivity contribution in [3.63, 3.8) is 0 Å². The lowest BCUT2D eigenvalue weighted by Gasteiger charge is -2.50. The van der Waals surface area contributed by atoms with Crippen LogP contribution in [0.2, 0.25) is 0 Å². The topological polar surface area (TPSA) is 373 Å². The average molecular weight is 1520 g/mol. The Morgan fingerprint density at radius 2 is 0.877 bits per heavy atom. The summed E-state index contributed by atoms with van der Waals surface area (Å²) in [4.78, 5) is 38.8. The van der Waals surface area contributed by atoms with Crippen molar-refractivity contribution in [1.82, 2.24) is 10.6 Å². The fraction of sp³-hybridized carbons (Fsp3) is 0.940. The lowest BCUT2D eigenvalue weighted by atomic mass is 9.88. The number of nitrogens with one attached hydrogen (secondary N) is 2. The Kier molecular flexibility index (Phi) is 57.1. The molecule has 0 aromatic heterocycles. The smallest absolute Gasteiger partial charge is 0.364 e. The van der Waals surface area contributed by atoms with Gasteiger partial charge in [-0.05, 0) is 38.5 Å². The molecule has 3 fully saturated rings. The van der Waals surface area contributed by atoms with E-state index in [0.29, 0.717) is 19.3 Å². The number of carbonyl (C=O) groups excluding carboxylic acids is 2. The molecule has 0 aromatic rings. The molecule has 106 heavy (non-hydrogen) atoms. The summed E-state index contributed by atoms with van der Waals surface area (Å²) in [5.41, 5.74) is 0. The number of carboxylic acid groups (broad SMARTS) is 1. The van der Waals surface area contributed by atoms with Gasteiger partial charge in [0.1, 0.15) is 67.1 Å². The Morgan fingerprint density at radius 3 is 1.27 bits per heavy atom. The molecule has 23 heteroatoms. The third-order valence-corrected chi connectivity index (χ3v) is 22.0. The molecular weight excluding hydrogens is 1360 g/mol. The van der Waals surface area contributed by atoms with Crippen molar-refractivity contribution in [1.29, 1.82) is 0 Å². The van der Waals surface area contributed by atoms with Gasteiger partial charge in [0.2, 0.25) is 11.8 Å². The molecule has 14 N–H and O–H groups in total. The molecule has 18 unspecified atom stereocenters. The van der Waals surface area contributed by atoms with Crippen molar-refractivity contribution in [2.24, 2.45) is 0 Å². The molecule has 0 aromatic carbocycles. The minimum Gasteiger partial charge on any atom is -0.477 e. The number of carboxylic acids is 1. The van der Waals surface area contributed by atoms with Crippen LogP contribution < -0.4 is 10.6 Å². The summed E-state index contributed by atoms with van der Waals surface area (Å²) >= 11 is 0. The van der Waals surface area contributed by atoms with Crippen LogP contribution in [0.1, 0.15) is 361 Å². The van der Waals surface area contributed by atoms with Gasteiger partial charge < -0.3 is 100 Å². The molecule has 0 radical (unpaired) electrons. The van der Waals surface area contributed by atoms with Crippen molar-refractivity contribution < 1.29 is 104 Å². The second kappa shape index (κ2) is 62.0. The zero-order valence-corrected chi connectivity index (χ0v) is 66.3. The fourth-order valence-electron chi connectivity index (χ4n) is 15.2. The van der Waals surface area contributed by atoms with Gasteiger partial charge in [-0.2, -0.15) is 0 Å². The molecule has 3 aliphatic rings. The van der Waals surface area contributed by atoms with E-state index in [2.05, 4.69) is 36.6 Å². The second-order valence-electron chi connectivity index (χ2n) is 31.4. The second-order valence-corrected chi connectivity index (χ2v) is 31.4. The van der Waals surface area contributed by atoms with Crippen molar-refractivity contribution in [3.8, 4) is 0 Å². The van der Waals surface area contributed by atoms with Gasteiger partial charge in [-0.15, -0.1) is 0 Å². The summed E-state index contributed by atoms with van der Waals surface area (Å²) in [7, 11) is 0. The van der Waals surface area contributed by atoms with Crippen LogP contribution in [0.4, 0.5) is 0 Å². The number of carbonyl (C=O) groups is 3. The Hall–Kier alpha value is -2.53. The number of aliphatic hydroxyl groups excluding tert-OH is 11. The summed E-state index contributed by atoms with van der Waals surface area (Å²) in [5.74, 6) is -6.09. The van der Waals surface area contributed by atoms with E-state index in [4.69, 9.17) is 28.4 Å². The van der Waals surface area contributed by atoms with Crippen molar-refractivity contribution in [3.05, 3.63) is 12.2 Å².